The summed E-state index contributed by atoms with van der Waals surface area (Å²) < 4.78 is 6.92. The van der Waals surface area contributed by atoms with Crippen molar-refractivity contribution in [3.05, 3.63) is 64.3 Å². The van der Waals surface area contributed by atoms with E-state index in [1.54, 1.807) is 42.0 Å². The molecule has 0 aliphatic carbocycles. The molecule has 1 heterocycles. The fourth-order valence-electron chi connectivity index (χ4n) is 3.02. The number of methoxy groups -OCH3 is 1. The van der Waals surface area contributed by atoms with E-state index in [-0.39, 0.29) is 12.5 Å². The standard InChI is InChI=1S/C19H19ClN4O3/c1-11-16(10-22-19(26)23-21)15-9-14(27-2)7-8-17(15)24(11)18(25)12-3-5-13(20)6-4-12/h3-9H,10,21H2,1-2H3,(H2,22,23,26). The van der Waals surface area contributed by atoms with Crippen molar-refractivity contribution in [3.63, 3.8) is 0 Å². The van der Waals surface area contributed by atoms with Crippen LogP contribution in [0.1, 0.15) is 21.6 Å². The average molecular weight is 387 g/mol. The molecule has 8 heteroatoms. The fraction of sp³-hybridized carbons (Fsp3) is 0.158. The lowest BCUT2D eigenvalue weighted by molar-refractivity contribution is 0.0963. The van der Waals surface area contributed by atoms with Gasteiger partial charge < -0.3 is 10.1 Å². The molecular weight excluding hydrogens is 368 g/mol. The van der Waals surface area contributed by atoms with Gasteiger partial charge in [0.05, 0.1) is 12.6 Å². The van der Waals surface area contributed by atoms with E-state index in [0.29, 0.717) is 16.3 Å². The molecule has 2 amide bonds. The highest BCUT2D eigenvalue weighted by Gasteiger charge is 2.20. The number of fused-ring (bicyclic) bond motifs is 1. The van der Waals surface area contributed by atoms with Gasteiger partial charge in [0, 0.05) is 33.8 Å². The summed E-state index contributed by atoms with van der Waals surface area (Å²) >= 11 is 5.92. The fourth-order valence-corrected chi connectivity index (χ4v) is 3.14. The third-order valence-electron chi connectivity index (χ3n) is 4.39. The predicted molar refractivity (Wildman–Crippen MR) is 104 cm³/mol. The Morgan fingerprint density at radius 1 is 1.19 bits per heavy atom. The first-order valence-corrected chi connectivity index (χ1v) is 8.56. The Kier molecular flexibility index (Phi) is 5.34. The Balaban J connectivity index is 2.14. The SMILES string of the molecule is COc1ccc2c(c1)c(CNC(=O)NN)c(C)n2C(=O)c1ccc(Cl)cc1. The maximum Gasteiger partial charge on any atom is 0.329 e. The monoisotopic (exact) mass is 386 g/mol. The lowest BCUT2D eigenvalue weighted by atomic mass is 10.1. The molecule has 140 valence electrons. The van der Waals surface area contributed by atoms with Crippen molar-refractivity contribution < 1.29 is 14.3 Å². The van der Waals surface area contributed by atoms with E-state index in [2.05, 4.69) is 5.32 Å². The molecule has 3 aromatic rings. The van der Waals surface area contributed by atoms with E-state index in [1.165, 1.54) is 0 Å². The lowest BCUT2D eigenvalue weighted by Gasteiger charge is -2.08. The maximum absolute atomic E-state index is 13.1. The molecule has 0 spiro atoms. The zero-order valence-corrected chi connectivity index (χ0v) is 15.6. The first-order chi connectivity index (χ1) is 13.0. The van der Waals surface area contributed by atoms with Crippen LogP contribution < -0.4 is 21.3 Å². The Morgan fingerprint density at radius 2 is 1.89 bits per heavy atom. The predicted octanol–water partition coefficient (Wildman–Crippen LogP) is 2.97. The number of hydrogen-bond acceptors (Lipinski definition) is 4. The number of carbonyl (C=O) groups excluding carboxylic acids is 2. The van der Waals surface area contributed by atoms with Gasteiger partial charge in [0.25, 0.3) is 5.91 Å². The molecule has 0 aliphatic rings. The van der Waals surface area contributed by atoms with Crippen LogP contribution >= 0.6 is 11.6 Å². The van der Waals surface area contributed by atoms with Gasteiger partial charge in [-0.1, -0.05) is 11.6 Å². The summed E-state index contributed by atoms with van der Waals surface area (Å²) in [5.74, 6) is 5.59. The summed E-state index contributed by atoms with van der Waals surface area (Å²) in [5, 5.41) is 4.03. The molecule has 0 unspecified atom stereocenters. The number of nitrogens with one attached hydrogen (secondary N) is 2. The number of halogens is 1. The van der Waals surface area contributed by atoms with Crippen molar-refractivity contribution in [3.8, 4) is 5.75 Å². The smallest absolute Gasteiger partial charge is 0.329 e. The van der Waals surface area contributed by atoms with Crippen molar-refractivity contribution in [1.82, 2.24) is 15.3 Å². The summed E-state index contributed by atoms with van der Waals surface area (Å²) in [4.78, 5) is 24.6. The lowest BCUT2D eigenvalue weighted by Crippen LogP contribution is -2.39. The van der Waals surface area contributed by atoms with Crippen LogP contribution in [0.5, 0.6) is 5.75 Å². The quantitative estimate of drug-likeness (QED) is 0.364. The van der Waals surface area contributed by atoms with Crippen LogP contribution in [0.4, 0.5) is 4.79 Å². The molecule has 1 aromatic heterocycles. The Labute approximate surface area is 161 Å². The first kappa shape index (κ1) is 18.8. The van der Waals surface area contributed by atoms with Gasteiger partial charge in [0.2, 0.25) is 0 Å². The maximum atomic E-state index is 13.1. The van der Waals surface area contributed by atoms with Gasteiger partial charge >= 0.3 is 6.03 Å². The molecule has 7 nitrogen and oxygen atoms in total. The molecule has 3 rings (SSSR count). The first-order valence-electron chi connectivity index (χ1n) is 8.19. The van der Waals surface area contributed by atoms with E-state index in [9.17, 15) is 9.59 Å². The van der Waals surface area contributed by atoms with Crippen LogP contribution in [-0.2, 0) is 6.54 Å². The molecular formula is C19H19ClN4O3. The summed E-state index contributed by atoms with van der Waals surface area (Å²) in [6.45, 7) is 2.04. The number of aromatic nitrogens is 1. The van der Waals surface area contributed by atoms with E-state index in [4.69, 9.17) is 22.2 Å². The third kappa shape index (κ3) is 3.60. The molecule has 27 heavy (non-hydrogen) atoms. The number of amides is 2. The number of nitrogens with two attached hydrogens (primary N) is 1. The molecule has 4 N–H and O–H groups in total. The Bertz CT molecular complexity index is 1010. The number of benzene rings is 2. The Morgan fingerprint density at radius 3 is 2.52 bits per heavy atom. The second-order valence-corrected chi connectivity index (χ2v) is 6.36. The summed E-state index contributed by atoms with van der Waals surface area (Å²) in [6.07, 6.45) is 0. The van der Waals surface area contributed by atoms with E-state index in [1.807, 2.05) is 24.5 Å². The van der Waals surface area contributed by atoms with Crippen molar-refractivity contribution in [2.24, 2.45) is 5.84 Å². The largest absolute Gasteiger partial charge is 0.497 e. The normalized spacial score (nSPS) is 10.7. The molecule has 0 saturated heterocycles. The third-order valence-corrected chi connectivity index (χ3v) is 4.64. The molecule has 0 atom stereocenters. The van der Waals surface area contributed by atoms with Crippen LogP contribution in [0.25, 0.3) is 10.9 Å². The van der Waals surface area contributed by atoms with Crippen molar-refractivity contribution in [1.29, 1.82) is 0 Å². The number of hydrogen-bond donors (Lipinski definition) is 3. The Hall–Kier alpha value is -3.03. The second-order valence-electron chi connectivity index (χ2n) is 5.92. The molecule has 0 radical (unpaired) electrons. The molecule has 0 aliphatic heterocycles. The zero-order valence-electron chi connectivity index (χ0n) is 14.9. The van der Waals surface area contributed by atoms with Crippen LogP contribution in [0.3, 0.4) is 0 Å². The highest BCUT2D eigenvalue weighted by atomic mass is 35.5. The number of hydrazine groups is 1. The van der Waals surface area contributed by atoms with Crippen molar-refractivity contribution in [2.45, 2.75) is 13.5 Å². The van der Waals surface area contributed by atoms with Gasteiger partial charge in [-0.2, -0.15) is 0 Å². The number of nitrogens with zero attached hydrogens (tertiary/aromatic N) is 1. The molecule has 0 saturated carbocycles. The molecule has 2 aromatic carbocycles. The van der Waals surface area contributed by atoms with E-state index < -0.39 is 6.03 Å². The summed E-state index contributed by atoms with van der Waals surface area (Å²) in [6, 6.07) is 11.6. The minimum Gasteiger partial charge on any atom is -0.497 e. The van der Waals surface area contributed by atoms with E-state index >= 15 is 0 Å². The number of rotatable bonds is 4. The van der Waals surface area contributed by atoms with Gasteiger partial charge in [-0.15, -0.1) is 0 Å². The number of urea groups is 1. The molecule has 0 fully saturated rings. The van der Waals surface area contributed by atoms with Gasteiger partial charge in [-0.05, 0) is 49.4 Å². The topological polar surface area (TPSA) is 98.4 Å². The minimum atomic E-state index is -0.512. The minimum absolute atomic E-state index is 0.186. The van der Waals surface area contributed by atoms with Crippen molar-refractivity contribution in [2.75, 3.05) is 7.11 Å². The molecule has 0 bridgehead atoms. The summed E-state index contributed by atoms with van der Waals surface area (Å²) in [7, 11) is 1.57. The summed E-state index contributed by atoms with van der Waals surface area (Å²) in [5.41, 5.74) is 4.77. The highest BCUT2D eigenvalue weighted by Crippen LogP contribution is 2.30. The van der Waals surface area contributed by atoms with E-state index in [0.717, 1.165) is 22.2 Å². The number of carbonyl (C=O) groups is 2. The van der Waals surface area contributed by atoms with Gasteiger partial charge in [0.15, 0.2) is 0 Å². The van der Waals surface area contributed by atoms with Gasteiger partial charge in [0.1, 0.15) is 5.75 Å². The van der Waals surface area contributed by atoms with Gasteiger partial charge in [-0.3, -0.25) is 14.8 Å². The zero-order chi connectivity index (χ0) is 19.6. The highest BCUT2D eigenvalue weighted by molar-refractivity contribution is 6.30. The van der Waals surface area contributed by atoms with Crippen LogP contribution in [-0.4, -0.2) is 23.6 Å². The number of ether oxygens (including phenoxy) is 1. The van der Waals surface area contributed by atoms with Crippen molar-refractivity contribution >= 4 is 34.4 Å². The van der Waals surface area contributed by atoms with Gasteiger partial charge in [-0.25, -0.2) is 10.6 Å². The van der Waals surface area contributed by atoms with Crippen LogP contribution in [0.15, 0.2) is 42.5 Å². The second kappa shape index (κ2) is 7.69. The van der Waals surface area contributed by atoms with Crippen LogP contribution in [0.2, 0.25) is 5.02 Å². The van der Waals surface area contributed by atoms with Crippen LogP contribution in [0, 0.1) is 6.92 Å². The average Bonchev–Trinajstić information content (AvgIpc) is 2.96.